The highest BCUT2D eigenvalue weighted by Gasteiger charge is 2.11. The molecular formula is C16H8Cl3F. The van der Waals surface area contributed by atoms with Crippen LogP contribution in [0, 0.1) is 5.82 Å². The molecule has 0 nitrogen and oxygen atoms in total. The molecule has 0 radical (unpaired) electrons. The Hall–Kier alpha value is -1.28. The van der Waals surface area contributed by atoms with Gasteiger partial charge < -0.3 is 0 Å². The molecule has 0 saturated heterocycles. The van der Waals surface area contributed by atoms with Crippen LogP contribution in [0.2, 0.25) is 15.1 Å². The number of rotatable bonds is 1. The lowest BCUT2D eigenvalue weighted by Crippen LogP contribution is -1.85. The number of benzene rings is 3. The summed E-state index contributed by atoms with van der Waals surface area (Å²) in [4.78, 5) is 0. The maximum Gasteiger partial charge on any atom is 0.131 e. The van der Waals surface area contributed by atoms with Gasteiger partial charge in [0.1, 0.15) is 5.82 Å². The molecule has 0 spiro atoms. The zero-order chi connectivity index (χ0) is 14.3. The summed E-state index contributed by atoms with van der Waals surface area (Å²) >= 11 is 18.1. The molecule has 0 N–H and O–H groups in total. The highest BCUT2D eigenvalue weighted by molar-refractivity contribution is 6.48. The van der Waals surface area contributed by atoms with E-state index in [2.05, 4.69) is 0 Å². The summed E-state index contributed by atoms with van der Waals surface area (Å²) < 4.78 is 13.8. The molecule has 4 heteroatoms. The van der Waals surface area contributed by atoms with Gasteiger partial charge in [-0.2, -0.15) is 0 Å². The van der Waals surface area contributed by atoms with Gasteiger partial charge in [-0.25, -0.2) is 4.39 Å². The van der Waals surface area contributed by atoms with Crippen molar-refractivity contribution in [3.8, 4) is 11.1 Å². The third kappa shape index (κ3) is 2.26. The number of fused-ring (bicyclic) bond motifs is 1. The van der Waals surface area contributed by atoms with E-state index in [1.165, 1.54) is 6.07 Å². The standard InChI is InChI=1S/C16H8Cl3F/c17-13-7-9(8-14(18)16(13)19)10-3-1-5-12-11(10)4-2-6-15(12)20/h1-8H. The molecule has 0 amide bonds. The highest BCUT2D eigenvalue weighted by Crippen LogP contribution is 2.37. The average Bonchev–Trinajstić information content (AvgIpc) is 2.44. The van der Waals surface area contributed by atoms with E-state index in [4.69, 9.17) is 34.8 Å². The molecular weight excluding hydrogens is 318 g/mol. The molecule has 0 aliphatic heterocycles. The zero-order valence-corrected chi connectivity index (χ0v) is 12.4. The second kappa shape index (κ2) is 5.25. The van der Waals surface area contributed by atoms with E-state index >= 15 is 0 Å². The molecule has 100 valence electrons. The summed E-state index contributed by atoms with van der Waals surface area (Å²) in [5.74, 6) is -0.254. The predicted octanol–water partition coefficient (Wildman–Crippen LogP) is 6.61. The van der Waals surface area contributed by atoms with Crippen LogP contribution in [0.5, 0.6) is 0 Å². The van der Waals surface area contributed by atoms with Gasteiger partial charge in [-0.3, -0.25) is 0 Å². The molecule has 3 aromatic carbocycles. The smallest absolute Gasteiger partial charge is 0.131 e. The molecule has 3 rings (SSSR count). The lowest BCUT2D eigenvalue weighted by atomic mass is 9.98. The van der Waals surface area contributed by atoms with Crippen LogP contribution in [0.3, 0.4) is 0 Å². The largest absolute Gasteiger partial charge is 0.206 e. The Morgan fingerprint density at radius 2 is 1.35 bits per heavy atom. The van der Waals surface area contributed by atoms with Crippen molar-refractivity contribution in [3.05, 3.63) is 69.4 Å². The Kier molecular flexibility index (Phi) is 3.59. The first-order valence-electron chi connectivity index (χ1n) is 5.90. The molecule has 20 heavy (non-hydrogen) atoms. The van der Waals surface area contributed by atoms with E-state index in [9.17, 15) is 4.39 Å². The van der Waals surface area contributed by atoms with Crippen LogP contribution in [0.15, 0.2) is 48.5 Å². The maximum absolute atomic E-state index is 13.8. The average molecular weight is 326 g/mol. The van der Waals surface area contributed by atoms with Gasteiger partial charge in [0.15, 0.2) is 0 Å². The monoisotopic (exact) mass is 324 g/mol. The Morgan fingerprint density at radius 3 is 2.05 bits per heavy atom. The van der Waals surface area contributed by atoms with Gasteiger partial charge in [-0.1, -0.05) is 65.1 Å². The van der Waals surface area contributed by atoms with E-state index in [1.807, 2.05) is 12.1 Å². The van der Waals surface area contributed by atoms with E-state index < -0.39 is 0 Å². The summed E-state index contributed by atoms with van der Waals surface area (Å²) in [6, 6.07) is 13.9. The third-order valence-corrected chi connectivity index (χ3v) is 4.36. The first kappa shape index (κ1) is 13.7. The molecule has 0 aliphatic carbocycles. The molecule has 0 bridgehead atoms. The summed E-state index contributed by atoms with van der Waals surface area (Å²) in [7, 11) is 0. The van der Waals surface area contributed by atoms with Gasteiger partial charge in [0.25, 0.3) is 0 Å². The topological polar surface area (TPSA) is 0 Å². The zero-order valence-electron chi connectivity index (χ0n) is 10.1. The van der Waals surface area contributed by atoms with Crippen molar-refractivity contribution in [3.63, 3.8) is 0 Å². The second-order valence-electron chi connectivity index (χ2n) is 4.39. The van der Waals surface area contributed by atoms with Crippen molar-refractivity contribution < 1.29 is 4.39 Å². The van der Waals surface area contributed by atoms with Gasteiger partial charge in [-0.15, -0.1) is 0 Å². The van der Waals surface area contributed by atoms with E-state index in [0.29, 0.717) is 20.5 Å². The number of hydrogen-bond donors (Lipinski definition) is 0. The molecule has 0 fully saturated rings. The Labute approximate surface area is 130 Å². The first-order valence-corrected chi connectivity index (χ1v) is 7.03. The second-order valence-corrected chi connectivity index (χ2v) is 5.59. The van der Waals surface area contributed by atoms with Gasteiger partial charge in [0.05, 0.1) is 15.1 Å². The lowest BCUT2D eigenvalue weighted by molar-refractivity contribution is 0.640. The Bertz CT molecular complexity index is 789. The normalized spacial score (nSPS) is 11.0. The van der Waals surface area contributed by atoms with E-state index in [-0.39, 0.29) is 5.82 Å². The summed E-state index contributed by atoms with van der Waals surface area (Å²) in [6.07, 6.45) is 0. The molecule has 0 saturated carbocycles. The fraction of sp³-hybridized carbons (Fsp3) is 0. The van der Waals surface area contributed by atoms with Crippen LogP contribution >= 0.6 is 34.8 Å². The van der Waals surface area contributed by atoms with Crippen LogP contribution < -0.4 is 0 Å². The number of hydrogen-bond acceptors (Lipinski definition) is 0. The number of halogens is 4. The van der Waals surface area contributed by atoms with Gasteiger partial charge in [-0.05, 0) is 34.7 Å². The first-order chi connectivity index (χ1) is 9.58. The fourth-order valence-corrected chi connectivity index (χ4v) is 2.83. The van der Waals surface area contributed by atoms with Gasteiger partial charge in [0, 0.05) is 5.39 Å². The summed E-state index contributed by atoms with van der Waals surface area (Å²) in [5, 5.41) is 2.45. The van der Waals surface area contributed by atoms with E-state index in [1.54, 1.807) is 30.3 Å². The third-order valence-electron chi connectivity index (χ3n) is 3.16. The van der Waals surface area contributed by atoms with Crippen molar-refractivity contribution in [2.45, 2.75) is 0 Å². The van der Waals surface area contributed by atoms with Gasteiger partial charge in [0.2, 0.25) is 0 Å². The van der Waals surface area contributed by atoms with Crippen LogP contribution in [0.25, 0.3) is 21.9 Å². The van der Waals surface area contributed by atoms with Crippen molar-refractivity contribution in [1.29, 1.82) is 0 Å². The molecule has 3 aromatic rings. The van der Waals surface area contributed by atoms with Crippen molar-refractivity contribution in [2.24, 2.45) is 0 Å². The van der Waals surface area contributed by atoms with Crippen LogP contribution in [-0.2, 0) is 0 Å². The quantitative estimate of drug-likeness (QED) is 0.442. The minimum absolute atomic E-state index is 0.254. The molecule has 0 heterocycles. The van der Waals surface area contributed by atoms with Crippen molar-refractivity contribution in [1.82, 2.24) is 0 Å². The van der Waals surface area contributed by atoms with E-state index in [0.717, 1.165) is 16.5 Å². The van der Waals surface area contributed by atoms with Crippen molar-refractivity contribution in [2.75, 3.05) is 0 Å². The van der Waals surface area contributed by atoms with Crippen molar-refractivity contribution >= 4 is 45.6 Å². The molecule has 0 aromatic heterocycles. The summed E-state index contributed by atoms with van der Waals surface area (Å²) in [6.45, 7) is 0. The summed E-state index contributed by atoms with van der Waals surface area (Å²) in [5.41, 5.74) is 1.67. The predicted molar refractivity (Wildman–Crippen MR) is 84.4 cm³/mol. The fourth-order valence-electron chi connectivity index (χ4n) is 2.23. The van der Waals surface area contributed by atoms with Crippen LogP contribution in [0.1, 0.15) is 0 Å². The van der Waals surface area contributed by atoms with Gasteiger partial charge >= 0.3 is 0 Å². The van der Waals surface area contributed by atoms with Crippen LogP contribution in [0.4, 0.5) is 4.39 Å². The SMILES string of the molecule is Fc1cccc2c(-c3cc(Cl)c(Cl)c(Cl)c3)cccc12. The Balaban J connectivity index is 2.33. The molecule has 0 unspecified atom stereocenters. The minimum atomic E-state index is -0.254. The van der Waals surface area contributed by atoms with Crippen LogP contribution in [-0.4, -0.2) is 0 Å². The minimum Gasteiger partial charge on any atom is -0.206 e. The molecule has 0 aliphatic rings. The highest BCUT2D eigenvalue weighted by atomic mass is 35.5. The molecule has 0 atom stereocenters. The maximum atomic E-state index is 13.8. The lowest BCUT2D eigenvalue weighted by Gasteiger charge is -2.09. The Morgan fingerprint density at radius 1 is 0.750 bits per heavy atom.